The molecule has 6 nitrogen and oxygen atoms in total. The number of anilines is 2. The highest BCUT2D eigenvalue weighted by molar-refractivity contribution is 7.92. The van der Waals surface area contributed by atoms with E-state index >= 15 is 0 Å². The van der Waals surface area contributed by atoms with Crippen molar-refractivity contribution in [1.29, 1.82) is 0 Å². The number of carbonyl (C=O) groups excluding carboxylic acids is 1. The molecule has 1 amide bonds. The number of hydrogen-bond donors (Lipinski definition) is 1. The Morgan fingerprint density at radius 2 is 1.57 bits per heavy atom. The lowest BCUT2D eigenvalue weighted by Crippen LogP contribution is -2.38. The first-order chi connectivity index (χ1) is 14.4. The maximum atomic E-state index is 13.3. The fraction of sp³-hybridized carbons (Fsp3) is 0.174. The predicted molar refractivity (Wildman–Crippen MR) is 118 cm³/mol. The molecule has 0 radical (unpaired) electrons. The molecule has 0 unspecified atom stereocenters. The molecule has 30 heavy (non-hydrogen) atoms. The van der Waals surface area contributed by atoms with Gasteiger partial charge >= 0.3 is 0 Å². The van der Waals surface area contributed by atoms with Gasteiger partial charge in [0.1, 0.15) is 12.3 Å². The molecule has 0 aliphatic carbocycles. The van der Waals surface area contributed by atoms with E-state index < -0.39 is 15.9 Å². The van der Waals surface area contributed by atoms with Crippen LogP contribution in [0.15, 0.2) is 83.8 Å². The van der Waals surface area contributed by atoms with Crippen LogP contribution in [0.1, 0.15) is 12.5 Å². The highest BCUT2D eigenvalue weighted by Gasteiger charge is 2.27. The second kappa shape index (κ2) is 9.45. The Labute approximate surface area is 177 Å². The van der Waals surface area contributed by atoms with Crippen LogP contribution >= 0.6 is 0 Å². The van der Waals surface area contributed by atoms with Gasteiger partial charge in [-0.05, 0) is 62.4 Å². The van der Waals surface area contributed by atoms with Gasteiger partial charge in [0, 0.05) is 5.69 Å². The lowest BCUT2D eigenvalue weighted by Gasteiger charge is -2.24. The van der Waals surface area contributed by atoms with Gasteiger partial charge in [0.05, 0.1) is 17.2 Å². The Hall–Kier alpha value is -3.32. The van der Waals surface area contributed by atoms with Gasteiger partial charge in [-0.1, -0.05) is 35.9 Å². The van der Waals surface area contributed by atoms with Crippen molar-refractivity contribution in [2.75, 3.05) is 22.8 Å². The molecule has 3 rings (SSSR count). The van der Waals surface area contributed by atoms with E-state index in [9.17, 15) is 13.2 Å². The van der Waals surface area contributed by atoms with Gasteiger partial charge < -0.3 is 10.1 Å². The third kappa shape index (κ3) is 5.18. The van der Waals surface area contributed by atoms with E-state index in [1.807, 2.05) is 13.8 Å². The molecule has 0 aliphatic rings. The number of para-hydroxylation sites is 1. The molecule has 1 N–H and O–H groups in total. The monoisotopic (exact) mass is 424 g/mol. The third-order valence-electron chi connectivity index (χ3n) is 4.39. The number of ether oxygens (including phenoxy) is 1. The number of rotatable bonds is 8. The normalized spacial score (nSPS) is 11.0. The van der Waals surface area contributed by atoms with Crippen LogP contribution in [0.3, 0.4) is 0 Å². The fourth-order valence-corrected chi connectivity index (χ4v) is 4.30. The topological polar surface area (TPSA) is 75.7 Å². The molecule has 0 fully saturated rings. The van der Waals surface area contributed by atoms with Gasteiger partial charge in [-0.3, -0.25) is 9.10 Å². The zero-order valence-electron chi connectivity index (χ0n) is 16.9. The van der Waals surface area contributed by atoms with E-state index in [0.29, 0.717) is 23.7 Å². The summed E-state index contributed by atoms with van der Waals surface area (Å²) in [5.41, 5.74) is 1.93. The minimum absolute atomic E-state index is 0.130. The van der Waals surface area contributed by atoms with Crippen LogP contribution in [-0.2, 0) is 14.8 Å². The zero-order valence-corrected chi connectivity index (χ0v) is 17.7. The summed E-state index contributed by atoms with van der Waals surface area (Å²) in [6, 6.07) is 22.1. The minimum Gasteiger partial charge on any atom is -0.494 e. The van der Waals surface area contributed by atoms with Crippen LogP contribution in [0.5, 0.6) is 5.75 Å². The summed E-state index contributed by atoms with van der Waals surface area (Å²) in [5.74, 6) is 0.252. The number of sulfonamides is 1. The van der Waals surface area contributed by atoms with Crippen LogP contribution in [0.25, 0.3) is 0 Å². The first-order valence-electron chi connectivity index (χ1n) is 9.57. The number of aryl methyl sites for hydroxylation is 1. The summed E-state index contributed by atoms with van der Waals surface area (Å²) in [5, 5.41) is 2.74. The van der Waals surface area contributed by atoms with Crippen molar-refractivity contribution >= 4 is 27.3 Å². The number of benzene rings is 3. The van der Waals surface area contributed by atoms with Crippen LogP contribution in [0.2, 0.25) is 0 Å². The van der Waals surface area contributed by atoms with E-state index in [4.69, 9.17) is 4.74 Å². The molecule has 0 heterocycles. The molecule has 0 aromatic heterocycles. The standard InChI is InChI=1S/C23H24N2O4S/c1-3-29-21-13-11-19(12-14-21)24-23(26)17-25(20-7-5-4-6-8-20)30(27,28)22-15-9-18(2)10-16-22/h4-16H,3,17H2,1-2H3,(H,24,26). The van der Waals surface area contributed by atoms with Crippen molar-refractivity contribution in [1.82, 2.24) is 0 Å². The molecule has 3 aromatic rings. The summed E-state index contributed by atoms with van der Waals surface area (Å²) in [7, 11) is -3.92. The maximum Gasteiger partial charge on any atom is 0.264 e. The van der Waals surface area contributed by atoms with Crippen molar-refractivity contribution in [3.05, 3.63) is 84.4 Å². The number of nitrogens with one attached hydrogen (secondary N) is 1. The molecule has 3 aromatic carbocycles. The van der Waals surface area contributed by atoms with Gasteiger partial charge in [-0.2, -0.15) is 0 Å². The quantitative estimate of drug-likeness (QED) is 0.587. The fourth-order valence-electron chi connectivity index (χ4n) is 2.88. The van der Waals surface area contributed by atoms with E-state index in [-0.39, 0.29) is 11.4 Å². The van der Waals surface area contributed by atoms with E-state index in [2.05, 4.69) is 5.32 Å². The molecule has 0 aliphatic heterocycles. The Morgan fingerprint density at radius 1 is 0.933 bits per heavy atom. The molecule has 0 bridgehead atoms. The average molecular weight is 425 g/mol. The molecule has 0 saturated heterocycles. The Bertz CT molecular complexity index is 1080. The lowest BCUT2D eigenvalue weighted by atomic mass is 10.2. The second-order valence-corrected chi connectivity index (χ2v) is 8.53. The predicted octanol–water partition coefficient (Wildman–Crippen LogP) is 4.23. The van der Waals surface area contributed by atoms with Gasteiger partial charge in [0.15, 0.2) is 0 Å². The van der Waals surface area contributed by atoms with E-state index in [0.717, 1.165) is 9.87 Å². The minimum atomic E-state index is -3.92. The molecule has 156 valence electrons. The summed E-state index contributed by atoms with van der Waals surface area (Å²) in [6.45, 7) is 3.97. The highest BCUT2D eigenvalue weighted by atomic mass is 32.2. The Kier molecular flexibility index (Phi) is 6.74. The number of carbonyl (C=O) groups is 1. The third-order valence-corrected chi connectivity index (χ3v) is 6.18. The average Bonchev–Trinajstić information content (AvgIpc) is 2.74. The van der Waals surface area contributed by atoms with Gasteiger partial charge in [-0.25, -0.2) is 8.42 Å². The summed E-state index contributed by atoms with van der Waals surface area (Å²) >= 11 is 0. The number of nitrogens with zero attached hydrogens (tertiary/aromatic N) is 1. The van der Waals surface area contributed by atoms with E-state index in [1.54, 1.807) is 78.9 Å². The Balaban J connectivity index is 1.84. The zero-order chi connectivity index (χ0) is 21.6. The second-order valence-electron chi connectivity index (χ2n) is 6.67. The molecule has 7 heteroatoms. The highest BCUT2D eigenvalue weighted by Crippen LogP contribution is 2.24. The van der Waals surface area contributed by atoms with Crippen LogP contribution in [0.4, 0.5) is 11.4 Å². The number of hydrogen-bond acceptors (Lipinski definition) is 4. The molecule has 0 saturated carbocycles. The van der Waals surface area contributed by atoms with Crippen LogP contribution in [-0.4, -0.2) is 27.5 Å². The summed E-state index contributed by atoms with van der Waals surface area (Å²) in [6.07, 6.45) is 0. The lowest BCUT2D eigenvalue weighted by molar-refractivity contribution is -0.114. The summed E-state index contributed by atoms with van der Waals surface area (Å²) < 4.78 is 33.1. The van der Waals surface area contributed by atoms with Crippen molar-refractivity contribution in [3.8, 4) is 5.75 Å². The maximum absolute atomic E-state index is 13.3. The van der Waals surface area contributed by atoms with Crippen LogP contribution in [0, 0.1) is 6.92 Å². The van der Waals surface area contributed by atoms with Crippen LogP contribution < -0.4 is 14.4 Å². The van der Waals surface area contributed by atoms with Crippen molar-refractivity contribution in [2.24, 2.45) is 0 Å². The van der Waals surface area contributed by atoms with Gasteiger partial charge in [0.25, 0.3) is 10.0 Å². The van der Waals surface area contributed by atoms with Gasteiger partial charge in [-0.15, -0.1) is 0 Å². The summed E-state index contributed by atoms with van der Waals surface area (Å²) in [4.78, 5) is 12.8. The number of amides is 1. The largest absolute Gasteiger partial charge is 0.494 e. The van der Waals surface area contributed by atoms with Crippen molar-refractivity contribution in [3.63, 3.8) is 0 Å². The van der Waals surface area contributed by atoms with Crippen molar-refractivity contribution < 1.29 is 17.9 Å². The first kappa shape index (κ1) is 21.4. The van der Waals surface area contributed by atoms with E-state index in [1.165, 1.54) is 0 Å². The molecule has 0 spiro atoms. The smallest absolute Gasteiger partial charge is 0.264 e. The molecular weight excluding hydrogens is 400 g/mol. The van der Waals surface area contributed by atoms with Gasteiger partial charge in [0.2, 0.25) is 5.91 Å². The molecule has 0 atom stereocenters. The Morgan fingerprint density at radius 3 is 2.17 bits per heavy atom. The van der Waals surface area contributed by atoms with Crippen molar-refractivity contribution in [2.45, 2.75) is 18.7 Å². The molecular formula is C23H24N2O4S. The SMILES string of the molecule is CCOc1ccc(NC(=O)CN(c2ccccc2)S(=O)(=O)c2ccc(C)cc2)cc1. The first-order valence-corrected chi connectivity index (χ1v) is 11.0.